The summed E-state index contributed by atoms with van der Waals surface area (Å²) in [6.07, 6.45) is 5.85. The van der Waals surface area contributed by atoms with E-state index < -0.39 is 0 Å². The summed E-state index contributed by atoms with van der Waals surface area (Å²) in [6.45, 7) is 6.91. The largest absolute Gasteiger partial charge is 0.326 e. The first-order valence-electron chi connectivity index (χ1n) is 8.44. The fraction of sp³-hybridized carbons (Fsp3) is 0.882. The number of likely N-dealkylation sites (tertiary alicyclic amines) is 1. The fourth-order valence-corrected chi connectivity index (χ4v) is 4.87. The van der Waals surface area contributed by atoms with Crippen LogP contribution < -0.4 is 5.32 Å². The Hall–Kier alpha value is -0.790. The summed E-state index contributed by atoms with van der Waals surface area (Å²) in [7, 11) is 0. The Morgan fingerprint density at radius 2 is 2.14 bits per heavy atom. The number of fused-ring (bicyclic) bond motifs is 2. The molecule has 4 nitrogen and oxygen atoms in total. The monoisotopic (exact) mass is 325 g/mol. The molecule has 0 aromatic carbocycles. The average Bonchev–Trinajstić information content (AvgIpc) is 2.95. The lowest BCUT2D eigenvalue weighted by molar-refractivity contribution is -0.130. The Kier molecular flexibility index (Phi) is 5.40. The van der Waals surface area contributed by atoms with E-state index in [1.807, 2.05) is 0 Å². The van der Waals surface area contributed by atoms with Crippen molar-refractivity contribution in [2.45, 2.75) is 52.0 Å². The number of nitrogens with one attached hydrogen (secondary N) is 1. The van der Waals surface area contributed by atoms with Gasteiger partial charge in [0.2, 0.25) is 5.91 Å². The lowest BCUT2D eigenvalue weighted by atomic mass is 9.45. The maximum Gasteiger partial charge on any atom is 0.237 e. The predicted octanol–water partition coefficient (Wildman–Crippen LogP) is 2.58. The third kappa shape index (κ3) is 2.98. The van der Waals surface area contributed by atoms with Crippen molar-refractivity contribution < 1.29 is 4.79 Å². The minimum Gasteiger partial charge on any atom is -0.326 e. The smallest absolute Gasteiger partial charge is 0.237 e. The number of amides is 1. The summed E-state index contributed by atoms with van der Waals surface area (Å²) in [5, 5.41) is 12.4. The molecule has 0 spiro atoms. The third-order valence-corrected chi connectivity index (χ3v) is 6.41. The van der Waals surface area contributed by atoms with Crippen LogP contribution in [0, 0.1) is 34.5 Å². The number of carbonyl (C=O) groups is 1. The van der Waals surface area contributed by atoms with Gasteiger partial charge in [-0.1, -0.05) is 13.8 Å². The van der Waals surface area contributed by atoms with Gasteiger partial charge in [0.15, 0.2) is 0 Å². The minimum atomic E-state index is -0.194. The molecule has 4 fully saturated rings. The van der Waals surface area contributed by atoms with Gasteiger partial charge in [-0.3, -0.25) is 4.79 Å². The second-order valence-corrected chi connectivity index (χ2v) is 7.70. The SMILES string of the molecule is CC1(C)[C@H]2CCC(CNCC(=O)N3CCC[C@H]3C#N)[C@@H]1C2.Cl. The highest BCUT2D eigenvalue weighted by atomic mass is 35.5. The Morgan fingerprint density at radius 3 is 2.77 bits per heavy atom. The summed E-state index contributed by atoms with van der Waals surface area (Å²) >= 11 is 0. The topological polar surface area (TPSA) is 56.1 Å². The van der Waals surface area contributed by atoms with Crippen molar-refractivity contribution in [2.24, 2.45) is 23.2 Å². The van der Waals surface area contributed by atoms with Gasteiger partial charge >= 0.3 is 0 Å². The molecule has 4 rings (SSSR count). The van der Waals surface area contributed by atoms with Crippen LogP contribution in [0.2, 0.25) is 0 Å². The summed E-state index contributed by atoms with van der Waals surface area (Å²) in [5.41, 5.74) is 0.509. The van der Waals surface area contributed by atoms with Gasteiger partial charge in [-0.05, 0) is 61.8 Å². The van der Waals surface area contributed by atoms with Crippen LogP contribution in [0.25, 0.3) is 0 Å². The van der Waals surface area contributed by atoms with Crippen LogP contribution in [-0.4, -0.2) is 36.5 Å². The van der Waals surface area contributed by atoms with E-state index in [1.165, 1.54) is 19.3 Å². The van der Waals surface area contributed by atoms with Crippen LogP contribution >= 0.6 is 12.4 Å². The van der Waals surface area contributed by atoms with Gasteiger partial charge in [-0.25, -0.2) is 0 Å². The highest BCUT2D eigenvalue weighted by Gasteiger charge is 2.53. The molecular formula is C17H28ClN3O. The molecule has 0 aromatic heterocycles. The van der Waals surface area contributed by atoms with Crippen molar-refractivity contribution in [3.05, 3.63) is 0 Å². The van der Waals surface area contributed by atoms with E-state index in [1.54, 1.807) is 4.90 Å². The molecule has 3 aliphatic carbocycles. The number of nitriles is 1. The number of hydrogen-bond donors (Lipinski definition) is 1. The van der Waals surface area contributed by atoms with Crippen LogP contribution in [0.3, 0.4) is 0 Å². The van der Waals surface area contributed by atoms with Crippen LogP contribution in [-0.2, 0) is 4.79 Å². The molecule has 0 radical (unpaired) electrons. The van der Waals surface area contributed by atoms with Crippen molar-refractivity contribution >= 4 is 18.3 Å². The highest BCUT2D eigenvalue weighted by Crippen LogP contribution is 2.61. The molecule has 124 valence electrons. The Labute approximate surface area is 140 Å². The van der Waals surface area contributed by atoms with Crippen molar-refractivity contribution in [3.8, 4) is 6.07 Å². The number of rotatable bonds is 4. The van der Waals surface area contributed by atoms with Gasteiger partial charge < -0.3 is 10.2 Å². The molecule has 1 amide bonds. The molecule has 3 saturated carbocycles. The second-order valence-electron chi connectivity index (χ2n) is 7.70. The van der Waals surface area contributed by atoms with E-state index in [0.29, 0.717) is 12.0 Å². The van der Waals surface area contributed by atoms with E-state index in [9.17, 15) is 4.79 Å². The standard InChI is InChI=1S/C17H27N3O.ClH/c1-17(2)13-6-5-12(15(17)8-13)10-19-11-16(21)20-7-3-4-14(20)9-18;/h12-15,19H,3-8,10-11H2,1-2H3;1H/t12?,13-,14-,15-;/m0./s1. The molecule has 1 heterocycles. The van der Waals surface area contributed by atoms with E-state index in [2.05, 4.69) is 25.2 Å². The predicted molar refractivity (Wildman–Crippen MR) is 88.6 cm³/mol. The van der Waals surface area contributed by atoms with Crippen LogP contribution in [0.5, 0.6) is 0 Å². The van der Waals surface area contributed by atoms with Crippen LogP contribution in [0.1, 0.15) is 46.0 Å². The molecule has 22 heavy (non-hydrogen) atoms. The summed E-state index contributed by atoms with van der Waals surface area (Å²) < 4.78 is 0. The van der Waals surface area contributed by atoms with E-state index >= 15 is 0 Å². The number of nitrogens with zero attached hydrogens (tertiary/aromatic N) is 2. The molecule has 5 heteroatoms. The van der Waals surface area contributed by atoms with Gasteiger partial charge in [-0.2, -0.15) is 5.26 Å². The molecule has 1 unspecified atom stereocenters. The molecule has 2 bridgehead atoms. The van der Waals surface area contributed by atoms with Crippen molar-refractivity contribution in [2.75, 3.05) is 19.6 Å². The summed E-state index contributed by atoms with van der Waals surface area (Å²) in [6, 6.07) is 2.04. The third-order valence-electron chi connectivity index (χ3n) is 6.41. The normalized spacial score (nSPS) is 35.2. The van der Waals surface area contributed by atoms with Crippen LogP contribution in [0.4, 0.5) is 0 Å². The fourth-order valence-electron chi connectivity index (χ4n) is 4.87. The molecule has 1 saturated heterocycles. The molecule has 1 aliphatic heterocycles. The van der Waals surface area contributed by atoms with Crippen molar-refractivity contribution in [3.63, 3.8) is 0 Å². The van der Waals surface area contributed by atoms with Crippen molar-refractivity contribution in [1.82, 2.24) is 10.2 Å². The molecule has 0 aromatic rings. The summed E-state index contributed by atoms with van der Waals surface area (Å²) in [4.78, 5) is 13.9. The van der Waals surface area contributed by atoms with Crippen LogP contribution in [0.15, 0.2) is 0 Å². The quantitative estimate of drug-likeness (QED) is 0.864. The zero-order valence-corrected chi connectivity index (χ0v) is 14.5. The zero-order chi connectivity index (χ0) is 15.0. The first kappa shape index (κ1) is 17.6. The Morgan fingerprint density at radius 1 is 1.36 bits per heavy atom. The van der Waals surface area contributed by atoms with Gasteiger partial charge in [0, 0.05) is 6.54 Å². The molecule has 4 aliphatic rings. The number of hydrogen-bond acceptors (Lipinski definition) is 3. The van der Waals surface area contributed by atoms with Gasteiger partial charge in [0.05, 0.1) is 12.6 Å². The lowest BCUT2D eigenvalue weighted by Crippen LogP contribution is -2.54. The van der Waals surface area contributed by atoms with E-state index in [-0.39, 0.29) is 24.4 Å². The van der Waals surface area contributed by atoms with E-state index in [4.69, 9.17) is 5.26 Å². The minimum absolute atomic E-state index is 0. The summed E-state index contributed by atoms with van der Waals surface area (Å²) in [5.74, 6) is 2.59. The lowest BCUT2D eigenvalue weighted by Gasteiger charge is -2.60. The van der Waals surface area contributed by atoms with E-state index in [0.717, 1.165) is 43.7 Å². The maximum absolute atomic E-state index is 12.2. The Bertz CT molecular complexity index is 457. The number of carbonyl (C=O) groups excluding carboxylic acids is 1. The average molecular weight is 326 g/mol. The zero-order valence-electron chi connectivity index (χ0n) is 13.7. The maximum atomic E-state index is 12.2. The Balaban J connectivity index is 0.00000176. The second kappa shape index (κ2) is 6.76. The molecular weight excluding hydrogens is 298 g/mol. The van der Waals surface area contributed by atoms with Crippen molar-refractivity contribution in [1.29, 1.82) is 5.26 Å². The number of halogens is 1. The van der Waals surface area contributed by atoms with Gasteiger partial charge in [0.25, 0.3) is 0 Å². The molecule has 4 atom stereocenters. The van der Waals surface area contributed by atoms with Gasteiger partial charge in [-0.15, -0.1) is 12.4 Å². The van der Waals surface area contributed by atoms with Gasteiger partial charge in [0.1, 0.15) is 6.04 Å². The molecule has 1 N–H and O–H groups in total. The first-order chi connectivity index (χ1) is 10.0. The highest BCUT2D eigenvalue weighted by molar-refractivity contribution is 5.85. The first-order valence-corrected chi connectivity index (χ1v) is 8.44.